The first kappa shape index (κ1) is 18.2. The third-order valence-corrected chi connectivity index (χ3v) is 5.92. The molecule has 0 spiro atoms. The largest absolute Gasteiger partial charge is 0.325 e. The number of amides is 2. The van der Waals surface area contributed by atoms with Gasteiger partial charge in [-0.3, -0.25) is 0 Å². The molecule has 4 heteroatoms. The van der Waals surface area contributed by atoms with E-state index >= 15 is 0 Å². The standard InChI is InChI=1S/C21H33N3O/c1-16-5-4-10-23(14-16)15-19-8-11-24(12-9-19)21(25)22-20-7-6-17(2)18(3)13-20/h6-7,13,16,19H,4-5,8-12,14-15H2,1-3H3,(H,22,25)/t16-/m1/s1. The first-order valence-electron chi connectivity index (χ1n) is 9.87. The monoisotopic (exact) mass is 343 g/mol. The summed E-state index contributed by atoms with van der Waals surface area (Å²) in [6, 6.07) is 6.16. The van der Waals surface area contributed by atoms with Gasteiger partial charge in [0.05, 0.1) is 0 Å². The Morgan fingerprint density at radius 1 is 1.12 bits per heavy atom. The molecule has 0 aromatic heterocycles. The summed E-state index contributed by atoms with van der Waals surface area (Å²) in [7, 11) is 0. The zero-order valence-electron chi connectivity index (χ0n) is 16.1. The molecule has 2 fully saturated rings. The van der Waals surface area contributed by atoms with Gasteiger partial charge in [0.1, 0.15) is 0 Å². The van der Waals surface area contributed by atoms with Crippen LogP contribution >= 0.6 is 0 Å². The van der Waals surface area contributed by atoms with Gasteiger partial charge in [-0.1, -0.05) is 13.0 Å². The number of likely N-dealkylation sites (tertiary alicyclic amines) is 2. The summed E-state index contributed by atoms with van der Waals surface area (Å²) in [6.07, 6.45) is 4.99. The zero-order chi connectivity index (χ0) is 17.8. The highest BCUT2D eigenvalue weighted by Gasteiger charge is 2.26. The SMILES string of the molecule is Cc1ccc(NC(=O)N2CCC(CN3CCC[C@@H](C)C3)CC2)cc1C. The fourth-order valence-corrected chi connectivity index (χ4v) is 4.16. The molecule has 0 radical (unpaired) electrons. The smallest absolute Gasteiger partial charge is 0.321 e. The van der Waals surface area contributed by atoms with Gasteiger partial charge in [-0.05, 0) is 81.2 Å². The molecule has 1 N–H and O–H groups in total. The number of nitrogens with zero attached hydrogens (tertiary/aromatic N) is 2. The van der Waals surface area contributed by atoms with E-state index in [4.69, 9.17) is 0 Å². The van der Waals surface area contributed by atoms with Gasteiger partial charge in [0.25, 0.3) is 0 Å². The van der Waals surface area contributed by atoms with E-state index in [1.165, 1.54) is 43.6 Å². The van der Waals surface area contributed by atoms with E-state index in [-0.39, 0.29) is 6.03 Å². The van der Waals surface area contributed by atoms with Crippen molar-refractivity contribution in [3.63, 3.8) is 0 Å². The number of benzene rings is 1. The second-order valence-corrected chi connectivity index (χ2v) is 8.17. The van der Waals surface area contributed by atoms with Crippen molar-refractivity contribution in [2.24, 2.45) is 11.8 Å². The summed E-state index contributed by atoms with van der Waals surface area (Å²) in [6.45, 7) is 12.0. The van der Waals surface area contributed by atoms with Gasteiger partial charge in [-0.15, -0.1) is 0 Å². The fraction of sp³-hybridized carbons (Fsp3) is 0.667. The highest BCUT2D eigenvalue weighted by atomic mass is 16.2. The van der Waals surface area contributed by atoms with E-state index in [0.29, 0.717) is 0 Å². The van der Waals surface area contributed by atoms with Gasteiger partial charge < -0.3 is 15.1 Å². The molecule has 2 amide bonds. The van der Waals surface area contributed by atoms with Gasteiger partial charge in [0.15, 0.2) is 0 Å². The number of rotatable bonds is 3. The normalized spacial score (nSPS) is 22.8. The number of carbonyl (C=O) groups is 1. The lowest BCUT2D eigenvalue weighted by atomic mass is 9.94. The molecule has 4 nitrogen and oxygen atoms in total. The van der Waals surface area contributed by atoms with Crippen LogP contribution < -0.4 is 5.32 Å². The number of nitrogens with one attached hydrogen (secondary N) is 1. The van der Waals surface area contributed by atoms with Gasteiger partial charge in [0.2, 0.25) is 0 Å². The Labute approximate surface area is 152 Å². The topological polar surface area (TPSA) is 35.6 Å². The van der Waals surface area contributed by atoms with Crippen LogP contribution in [0.2, 0.25) is 0 Å². The Morgan fingerprint density at radius 2 is 1.88 bits per heavy atom. The molecule has 1 aromatic carbocycles. The molecule has 0 saturated carbocycles. The second-order valence-electron chi connectivity index (χ2n) is 8.17. The number of carbonyl (C=O) groups excluding carboxylic acids is 1. The zero-order valence-corrected chi connectivity index (χ0v) is 16.1. The van der Waals surface area contributed by atoms with Crippen LogP contribution in [0.4, 0.5) is 10.5 Å². The van der Waals surface area contributed by atoms with E-state index in [9.17, 15) is 4.79 Å². The summed E-state index contributed by atoms with van der Waals surface area (Å²) in [5, 5.41) is 3.06. The third kappa shape index (κ3) is 4.97. The van der Waals surface area contributed by atoms with Crippen LogP contribution in [-0.4, -0.2) is 48.6 Å². The van der Waals surface area contributed by atoms with Crippen molar-refractivity contribution in [3.8, 4) is 0 Å². The molecule has 2 heterocycles. The Kier molecular flexibility index (Phi) is 6.00. The predicted molar refractivity (Wildman–Crippen MR) is 104 cm³/mol. The number of hydrogen-bond donors (Lipinski definition) is 1. The minimum Gasteiger partial charge on any atom is -0.325 e. The van der Waals surface area contributed by atoms with Crippen LogP contribution in [0.5, 0.6) is 0 Å². The first-order chi connectivity index (χ1) is 12.0. The third-order valence-electron chi connectivity index (χ3n) is 5.92. The first-order valence-corrected chi connectivity index (χ1v) is 9.87. The van der Waals surface area contributed by atoms with Crippen LogP contribution in [0.1, 0.15) is 43.7 Å². The number of anilines is 1. The lowest BCUT2D eigenvalue weighted by Crippen LogP contribution is -2.44. The minimum absolute atomic E-state index is 0.0493. The molecular weight excluding hydrogens is 310 g/mol. The van der Waals surface area contributed by atoms with Crippen LogP contribution in [0.15, 0.2) is 18.2 Å². The molecule has 0 aliphatic carbocycles. The quantitative estimate of drug-likeness (QED) is 0.889. The number of aryl methyl sites for hydroxylation is 2. The predicted octanol–water partition coefficient (Wildman–Crippen LogP) is 4.28. The Morgan fingerprint density at radius 3 is 2.56 bits per heavy atom. The number of urea groups is 1. The Hall–Kier alpha value is -1.55. The summed E-state index contributed by atoms with van der Waals surface area (Å²) in [4.78, 5) is 17.1. The maximum Gasteiger partial charge on any atom is 0.321 e. The van der Waals surface area contributed by atoms with E-state index in [1.54, 1.807) is 0 Å². The van der Waals surface area contributed by atoms with Crippen molar-refractivity contribution >= 4 is 11.7 Å². The molecule has 3 rings (SSSR count). The van der Waals surface area contributed by atoms with Gasteiger partial charge >= 0.3 is 6.03 Å². The van der Waals surface area contributed by atoms with Gasteiger partial charge in [-0.2, -0.15) is 0 Å². The van der Waals surface area contributed by atoms with Crippen molar-refractivity contribution in [3.05, 3.63) is 29.3 Å². The molecule has 0 bridgehead atoms. The van der Waals surface area contributed by atoms with Crippen molar-refractivity contribution in [2.45, 2.75) is 46.5 Å². The van der Waals surface area contributed by atoms with Crippen LogP contribution in [0.3, 0.4) is 0 Å². The molecular formula is C21H33N3O. The lowest BCUT2D eigenvalue weighted by Gasteiger charge is -2.37. The van der Waals surface area contributed by atoms with Crippen LogP contribution in [-0.2, 0) is 0 Å². The summed E-state index contributed by atoms with van der Waals surface area (Å²) in [5.41, 5.74) is 3.37. The molecule has 138 valence electrons. The lowest BCUT2D eigenvalue weighted by molar-refractivity contribution is 0.125. The van der Waals surface area contributed by atoms with Crippen LogP contribution in [0, 0.1) is 25.7 Å². The van der Waals surface area contributed by atoms with Gasteiger partial charge in [-0.25, -0.2) is 4.79 Å². The van der Waals surface area contributed by atoms with E-state index in [1.807, 2.05) is 11.0 Å². The summed E-state index contributed by atoms with van der Waals surface area (Å²) >= 11 is 0. The number of hydrogen-bond acceptors (Lipinski definition) is 2. The molecule has 1 atom stereocenters. The average Bonchev–Trinajstić information content (AvgIpc) is 2.59. The summed E-state index contributed by atoms with van der Waals surface area (Å²) in [5.74, 6) is 1.59. The maximum absolute atomic E-state index is 12.5. The second kappa shape index (κ2) is 8.22. The molecule has 2 saturated heterocycles. The molecule has 1 aromatic rings. The molecule has 0 unspecified atom stereocenters. The maximum atomic E-state index is 12.5. The Balaban J connectivity index is 1.45. The van der Waals surface area contributed by atoms with E-state index < -0.39 is 0 Å². The molecule has 25 heavy (non-hydrogen) atoms. The summed E-state index contributed by atoms with van der Waals surface area (Å²) < 4.78 is 0. The van der Waals surface area contributed by atoms with Crippen molar-refractivity contribution in [1.29, 1.82) is 0 Å². The Bertz CT molecular complexity index is 593. The van der Waals surface area contributed by atoms with Crippen molar-refractivity contribution in [1.82, 2.24) is 9.80 Å². The fourth-order valence-electron chi connectivity index (χ4n) is 4.16. The minimum atomic E-state index is 0.0493. The van der Waals surface area contributed by atoms with Crippen molar-refractivity contribution in [2.75, 3.05) is 38.0 Å². The van der Waals surface area contributed by atoms with Gasteiger partial charge in [0, 0.05) is 31.9 Å². The average molecular weight is 344 g/mol. The van der Waals surface area contributed by atoms with E-state index in [0.717, 1.165) is 43.5 Å². The highest BCUT2D eigenvalue weighted by Crippen LogP contribution is 2.23. The molecule has 2 aliphatic rings. The molecule has 2 aliphatic heterocycles. The highest BCUT2D eigenvalue weighted by molar-refractivity contribution is 5.89. The number of piperidine rings is 2. The van der Waals surface area contributed by atoms with Crippen LogP contribution in [0.25, 0.3) is 0 Å². The van der Waals surface area contributed by atoms with E-state index in [2.05, 4.69) is 43.1 Å². The van der Waals surface area contributed by atoms with Crippen molar-refractivity contribution < 1.29 is 4.79 Å².